The second-order valence-corrected chi connectivity index (χ2v) is 5.64. The fraction of sp³-hybridized carbons (Fsp3) is 0.333. The molecule has 1 aromatic heterocycles. The number of aliphatic carboxylic acids is 1. The normalized spacial score (nSPS) is 12.3. The highest BCUT2D eigenvalue weighted by Crippen LogP contribution is 2.24. The molecule has 3 nitrogen and oxygen atoms in total. The molecule has 0 aliphatic rings. The first kappa shape index (κ1) is 13.7. The summed E-state index contributed by atoms with van der Waals surface area (Å²) in [6, 6.07) is 7.74. The van der Waals surface area contributed by atoms with Crippen molar-refractivity contribution in [3.05, 3.63) is 51.5 Å². The Morgan fingerprint density at radius 2 is 2.00 bits per heavy atom. The zero-order chi connectivity index (χ0) is 13.8. The average Bonchev–Trinajstić information content (AvgIpc) is 2.77. The standard InChI is InChI=1S/C15H17NO2S/c1-10-3-5-12(6-4-10)13(15(17)18)7-8-14-11(2)16-9-19-14/h3-6,9,13H,7-8H2,1-2H3,(H,17,18). The van der Waals surface area contributed by atoms with E-state index in [2.05, 4.69) is 4.98 Å². The fourth-order valence-corrected chi connectivity index (χ4v) is 2.87. The van der Waals surface area contributed by atoms with Crippen molar-refractivity contribution in [1.82, 2.24) is 4.98 Å². The maximum Gasteiger partial charge on any atom is 0.310 e. The summed E-state index contributed by atoms with van der Waals surface area (Å²) in [7, 11) is 0. The Hall–Kier alpha value is -1.68. The van der Waals surface area contributed by atoms with Gasteiger partial charge in [-0.1, -0.05) is 29.8 Å². The van der Waals surface area contributed by atoms with Gasteiger partial charge in [0.2, 0.25) is 0 Å². The van der Waals surface area contributed by atoms with Gasteiger partial charge in [-0.05, 0) is 32.3 Å². The lowest BCUT2D eigenvalue weighted by Crippen LogP contribution is -2.12. The van der Waals surface area contributed by atoms with Gasteiger partial charge in [0.15, 0.2) is 0 Å². The van der Waals surface area contributed by atoms with Crippen molar-refractivity contribution >= 4 is 17.3 Å². The minimum absolute atomic E-state index is 0.443. The first-order chi connectivity index (χ1) is 9.08. The summed E-state index contributed by atoms with van der Waals surface area (Å²) in [4.78, 5) is 16.8. The highest BCUT2D eigenvalue weighted by molar-refractivity contribution is 7.09. The molecular weight excluding hydrogens is 258 g/mol. The maximum atomic E-state index is 11.4. The van der Waals surface area contributed by atoms with Crippen LogP contribution in [0.15, 0.2) is 29.8 Å². The summed E-state index contributed by atoms with van der Waals surface area (Å²) in [6.45, 7) is 3.97. The third kappa shape index (κ3) is 3.41. The Bertz CT molecular complexity index is 560. The lowest BCUT2D eigenvalue weighted by atomic mass is 9.93. The zero-order valence-corrected chi connectivity index (χ0v) is 11.9. The van der Waals surface area contributed by atoms with Crippen molar-refractivity contribution < 1.29 is 9.90 Å². The molecule has 0 saturated carbocycles. The van der Waals surface area contributed by atoms with Crippen LogP contribution in [0.4, 0.5) is 0 Å². The monoisotopic (exact) mass is 275 g/mol. The molecule has 19 heavy (non-hydrogen) atoms. The molecule has 1 aromatic carbocycles. The van der Waals surface area contributed by atoms with Crippen molar-refractivity contribution in [2.24, 2.45) is 0 Å². The molecule has 1 unspecified atom stereocenters. The van der Waals surface area contributed by atoms with Crippen LogP contribution in [-0.2, 0) is 11.2 Å². The first-order valence-electron chi connectivity index (χ1n) is 6.26. The predicted molar refractivity (Wildman–Crippen MR) is 76.7 cm³/mol. The van der Waals surface area contributed by atoms with Gasteiger partial charge in [-0.3, -0.25) is 4.79 Å². The number of aromatic nitrogens is 1. The van der Waals surface area contributed by atoms with Gasteiger partial charge in [0.25, 0.3) is 0 Å². The highest BCUT2D eigenvalue weighted by atomic mass is 32.1. The summed E-state index contributed by atoms with van der Waals surface area (Å²) >= 11 is 1.60. The maximum absolute atomic E-state index is 11.4. The third-order valence-electron chi connectivity index (χ3n) is 3.28. The number of carbonyl (C=O) groups is 1. The molecule has 0 saturated heterocycles. The summed E-state index contributed by atoms with van der Waals surface area (Å²) < 4.78 is 0. The minimum Gasteiger partial charge on any atom is -0.481 e. The van der Waals surface area contributed by atoms with Gasteiger partial charge in [0.05, 0.1) is 17.1 Å². The number of hydrogen-bond donors (Lipinski definition) is 1. The van der Waals surface area contributed by atoms with Crippen LogP contribution in [0.25, 0.3) is 0 Å². The number of benzene rings is 1. The van der Waals surface area contributed by atoms with Crippen LogP contribution < -0.4 is 0 Å². The van der Waals surface area contributed by atoms with Crippen molar-refractivity contribution in [3.63, 3.8) is 0 Å². The SMILES string of the molecule is Cc1ccc(C(CCc2scnc2C)C(=O)O)cc1. The second-order valence-electron chi connectivity index (χ2n) is 4.70. The molecule has 2 rings (SSSR count). The molecule has 0 amide bonds. The lowest BCUT2D eigenvalue weighted by Gasteiger charge is -2.12. The molecular formula is C15H17NO2S. The first-order valence-corrected chi connectivity index (χ1v) is 7.14. The van der Waals surface area contributed by atoms with Crippen molar-refractivity contribution in [3.8, 4) is 0 Å². The summed E-state index contributed by atoms with van der Waals surface area (Å²) in [6.07, 6.45) is 1.38. The van der Waals surface area contributed by atoms with E-state index >= 15 is 0 Å². The molecule has 0 aliphatic carbocycles. The van der Waals surface area contributed by atoms with E-state index in [-0.39, 0.29) is 0 Å². The number of nitrogens with zero attached hydrogens (tertiary/aromatic N) is 1. The summed E-state index contributed by atoms with van der Waals surface area (Å²) in [5.41, 5.74) is 4.84. The summed E-state index contributed by atoms with van der Waals surface area (Å²) in [5, 5.41) is 9.38. The zero-order valence-electron chi connectivity index (χ0n) is 11.1. The highest BCUT2D eigenvalue weighted by Gasteiger charge is 2.20. The van der Waals surface area contributed by atoms with E-state index in [1.807, 2.05) is 43.6 Å². The quantitative estimate of drug-likeness (QED) is 0.907. The van der Waals surface area contributed by atoms with E-state index in [9.17, 15) is 9.90 Å². The number of rotatable bonds is 5. The van der Waals surface area contributed by atoms with Gasteiger partial charge in [0.1, 0.15) is 0 Å². The van der Waals surface area contributed by atoms with E-state index in [1.54, 1.807) is 11.3 Å². The number of aryl methyl sites for hydroxylation is 3. The molecule has 1 heterocycles. The summed E-state index contributed by atoms with van der Waals surface area (Å²) in [5.74, 6) is -1.20. The van der Waals surface area contributed by atoms with Gasteiger partial charge in [0, 0.05) is 4.88 Å². The van der Waals surface area contributed by atoms with Crippen molar-refractivity contribution in [1.29, 1.82) is 0 Å². The van der Waals surface area contributed by atoms with Crippen LogP contribution in [0, 0.1) is 13.8 Å². The Morgan fingerprint density at radius 1 is 1.32 bits per heavy atom. The molecule has 0 aliphatic heterocycles. The largest absolute Gasteiger partial charge is 0.481 e. The third-order valence-corrected chi connectivity index (χ3v) is 4.28. The van der Waals surface area contributed by atoms with Crippen LogP contribution in [0.1, 0.15) is 34.0 Å². The topological polar surface area (TPSA) is 50.2 Å². The average molecular weight is 275 g/mol. The molecule has 4 heteroatoms. The smallest absolute Gasteiger partial charge is 0.310 e. The second kappa shape index (κ2) is 5.97. The van der Waals surface area contributed by atoms with Crippen LogP contribution >= 0.6 is 11.3 Å². The molecule has 0 fully saturated rings. The van der Waals surface area contributed by atoms with Crippen molar-refractivity contribution in [2.45, 2.75) is 32.6 Å². The number of thiazole rings is 1. The molecule has 1 atom stereocenters. The Kier molecular flexibility index (Phi) is 4.32. The van der Waals surface area contributed by atoms with Crippen LogP contribution in [0.2, 0.25) is 0 Å². The molecule has 0 bridgehead atoms. The van der Waals surface area contributed by atoms with Crippen molar-refractivity contribution in [2.75, 3.05) is 0 Å². The van der Waals surface area contributed by atoms with Gasteiger partial charge in [-0.15, -0.1) is 11.3 Å². The lowest BCUT2D eigenvalue weighted by molar-refractivity contribution is -0.138. The van der Waals surface area contributed by atoms with Crippen LogP contribution in [0.3, 0.4) is 0 Å². The van der Waals surface area contributed by atoms with E-state index in [0.29, 0.717) is 6.42 Å². The number of carboxylic acid groups (broad SMARTS) is 1. The van der Waals surface area contributed by atoms with Gasteiger partial charge in [-0.2, -0.15) is 0 Å². The molecule has 1 N–H and O–H groups in total. The molecule has 2 aromatic rings. The van der Waals surface area contributed by atoms with E-state index in [0.717, 1.165) is 23.2 Å². The predicted octanol–water partition coefficient (Wildman–Crippen LogP) is 3.56. The molecule has 0 spiro atoms. The molecule has 100 valence electrons. The Morgan fingerprint density at radius 3 is 2.53 bits per heavy atom. The number of carboxylic acids is 1. The van der Waals surface area contributed by atoms with Gasteiger partial charge < -0.3 is 5.11 Å². The minimum atomic E-state index is -0.758. The van der Waals surface area contributed by atoms with Gasteiger partial charge >= 0.3 is 5.97 Å². The van der Waals surface area contributed by atoms with E-state index in [4.69, 9.17) is 0 Å². The number of hydrogen-bond acceptors (Lipinski definition) is 3. The van der Waals surface area contributed by atoms with E-state index in [1.165, 1.54) is 4.88 Å². The van der Waals surface area contributed by atoms with Crippen LogP contribution in [0.5, 0.6) is 0 Å². The van der Waals surface area contributed by atoms with E-state index < -0.39 is 11.9 Å². The molecule has 0 radical (unpaired) electrons. The van der Waals surface area contributed by atoms with Crippen LogP contribution in [-0.4, -0.2) is 16.1 Å². The fourth-order valence-electron chi connectivity index (χ4n) is 2.07. The Balaban J connectivity index is 2.11. The van der Waals surface area contributed by atoms with Gasteiger partial charge in [-0.25, -0.2) is 4.98 Å². The Labute approximate surface area is 116 Å².